The van der Waals surface area contributed by atoms with Crippen LogP contribution in [0.2, 0.25) is 0 Å². The Morgan fingerprint density at radius 2 is 2.00 bits per heavy atom. The molecule has 0 amide bonds. The summed E-state index contributed by atoms with van der Waals surface area (Å²) in [5.74, 6) is -0.119. The summed E-state index contributed by atoms with van der Waals surface area (Å²) in [5.41, 5.74) is 0.0673. The van der Waals surface area contributed by atoms with E-state index in [1.807, 2.05) is 26.8 Å². The highest BCUT2D eigenvalue weighted by atomic mass is 79.9. The highest BCUT2D eigenvalue weighted by Crippen LogP contribution is 2.27. The van der Waals surface area contributed by atoms with E-state index in [0.717, 1.165) is 5.56 Å². The predicted octanol–water partition coefficient (Wildman–Crippen LogP) is 3.93. The smallest absolute Gasteiger partial charge is 0.124 e. The number of aliphatic hydroxyl groups is 1. The SMILES string of the molecule is CCC(O)(Cc1cc(F)cc(Br)c1)C(C)C. The number of hydrogen-bond donors (Lipinski definition) is 1. The Morgan fingerprint density at radius 1 is 1.38 bits per heavy atom. The monoisotopic (exact) mass is 288 g/mol. The molecule has 0 radical (unpaired) electrons. The molecule has 0 heterocycles. The molecule has 16 heavy (non-hydrogen) atoms. The van der Waals surface area contributed by atoms with Crippen molar-refractivity contribution >= 4 is 15.9 Å². The summed E-state index contributed by atoms with van der Waals surface area (Å²) in [6, 6.07) is 4.75. The molecule has 0 spiro atoms. The fraction of sp³-hybridized carbons (Fsp3) is 0.538. The minimum absolute atomic E-state index is 0.152. The standard InChI is InChI=1S/C13H18BrFO/c1-4-13(16,9(2)3)8-10-5-11(14)7-12(15)6-10/h5-7,9,16H,4,8H2,1-3H3. The highest BCUT2D eigenvalue weighted by Gasteiger charge is 2.29. The second-order valence-corrected chi connectivity index (χ2v) is 5.48. The quantitative estimate of drug-likeness (QED) is 0.890. The third kappa shape index (κ3) is 3.29. The fourth-order valence-electron chi connectivity index (χ4n) is 1.80. The Kier molecular flexibility index (Phi) is 4.51. The lowest BCUT2D eigenvalue weighted by molar-refractivity contribution is -0.00833. The number of halogens is 2. The van der Waals surface area contributed by atoms with Gasteiger partial charge in [0.25, 0.3) is 0 Å². The molecule has 3 heteroatoms. The van der Waals surface area contributed by atoms with Crippen LogP contribution in [0.4, 0.5) is 4.39 Å². The molecule has 0 bridgehead atoms. The van der Waals surface area contributed by atoms with Gasteiger partial charge in [0.05, 0.1) is 5.60 Å². The summed E-state index contributed by atoms with van der Waals surface area (Å²) in [6.45, 7) is 5.92. The Bertz CT molecular complexity index is 345. The molecule has 1 aromatic carbocycles. The Morgan fingerprint density at radius 3 is 2.44 bits per heavy atom. The molecule has 0 saturated heterocycles. The first-order valence-electron chi connectivity index (χ1n) is 5.54. The lowest BCUT2D eigenvalue weighted by Crippen LogP contribution is -2.36. The van der Waals surface area contributed by atoms with Gasteiger partial charge in [0.2, 0.25) is 0 Å². The lowest BCUT2D eigenvalue weighted by atomic mass is 9.82. The van der Waals surface area contributed by atoms with Gasteiger partial charge in [-0.15, -0.1) is 0 Å². The van der Waals surface area contributed by atoms with Crippen molar-refractivity contribution in [2.24, 2.45) is 5.92 Å². The van der Waals surface area contributed by atoms with Crippen LogP contribution >= 0.6 is 15.9 Å². The maximum absolute atomic E-state index is 13.2. The molecule has 0 aliphatic carbocycles. The van der Waals surface area contributed by atoms with E-state index in [2.05, 4.69) is 15.9 Å². The van der Waals surface area contributed by atoms with Gasteiger partial charge in [0.15, 0.2) is 0 Å². The van der Waals surface area contributed by atoms with Crippen molar-refractivity contribution < 1.29 is 9.50 Å². The summed E-state index contributed by atoms with van der Waals surface area (Å²) in [4.78, 5) is 0. The van der Waals surface area contributed by atoms with Gasteiger partial charge in [-0.2, -0.15) is 0 Å². The maximum atomic E-state index is 13.2. The first-order valence-corrected chi connectivity index (χ1v) is 6.34. The molecule has 1 atom stereocenters. The van der Waals surface area contributed by atoms with Crippen molar-refractivity contribution in [2.75, 3.05) is 0 Å². The van der Waals surface area contributed by atoms with Crippen molar-refractivity contribution in [1.29, 1.82) is 0 Å². The number of benzene rings is 1. The van der Waals surface area contributed by atoms with Crippen LogP contribution in [-0.2, 0) is 6.42 Å². The van der Waals surface area contributed by atoms with Gasteiger partial charge >= 0.3 is 0 Å². The largest absolute Gasteiger partial charge is 0.389 e. The van der Waals surface area contributed by atoms with Crippen LogP contribution < -0.4 is 0 Å². The molecular formula is C13H18BrFO. The minimum atomic E-state index is -0.757. The second-order valence-electron chi connectivity index (χ2n) is 4.57. The van der Waals surface area contributed by atoms with E-state index in [-0.39, 0.29) is 11.7 Å². The zero-order chi connectivity index (χ0) is 12.3. The fourth-order valence-corrected chi connectivity index (χ4v) is 2.32. The van der Waals surface area contributed by atoms with E-state index >= 15 is 0 Å². The van der Waals surface area contributed by atoms with Crippen molar-refractivity contribution in [1.82, 2.24) is 0 Å². The normalized spacial score (nSPS) is 15.2. The van der Waals surface area contributed by atoms with Crippen LogP contribution in [0, 0.1) is 11.7 Å². The van der Waals surface area contributed by atoms with Gasteiger partial charge in [-0.05, 0) is 36.1 Å². The summed E-state index contributed by atoms with van der Waals surface area (Å²) < 4.78 is 13.9. The third-order valence-corrected chi connectivity index (χ3v) is 3.58. The Balaban J connectivity index is 2.94. The Labute approximate surface area is 105 Å². The van der Waals surface area contributed by atoms with Crippen LogP contribution in [-0.4, -0.2) is 10.7 Å². The van der Waals surface area contributed by atoms with Gasteiger partial charge in [-0.1, -0.05) is 36.7 Å². The van der Waals surface area contributed by atoms with Gasteiger partial charge in [-0.25, -0.2) is 4.39 Å². The molecule has 1 rings (SSSR count). The van der Waals surface area contributed by atoms with E-state index in [1.54, 1.807) is 0 Å². The maximum Gasteiger partial charge on any atom is 0.124 e. The molecule has 0 fully saturated rings. The van der Waals surface area contributed by atoms with Gasteiger partial charge in [0, 0.05) is 10.9 Å². The van der Waals surface area contributed by atoms with Gasteiger partial charge < -0.3 is 5.11 Å². The molecule has 0 saturated carbocycles. The molecular weight excluding hydrogens is 271 g/mol. The average molecular weight is 289 g/mol. The predicted molar refractivity (Wildman–Crippen MR) is 67.9 cm³/mol. The van der Waals surface area contributed by atoms with Crippen molar-refractivity contribution in [3.05, 3.63) is 34.1 Å². The number of rotatable bonds is 4. The zero-order valence-electron chi connectivity index (χ0n) is 9.93. The molecule has 0 aliphatic heterocycles. The molecule has 0 aliphatic rings. The van der Waals surface area contributed by atoms with Crippen molar-refractivity contribution in [3.8, 4) is 0 Å². The van der Waals surface area contributed by atoms with Crippen LogP contribution in [0.5, 0.6) is 0 Å². The van der Waals surface area contributed by atoms with Gasteiger partial charge in [0.1, 0.15) is 5.82 Å². The van der Waals surface area contributed by atoms with E-state index in [9.17, 15) is 9.50 Å². The first kappa shape index (κ1) is 13.7. The van der Waals surface area contributed by atoms with Crippen LogP contribution in [0.15, 0.2) is 22.7 Å². The molecule has 90 valence electrons. The second kappa shape index (κ2) is 5.28. The van der Waals surface area contributed by atoms with Crippen LogP contribution in [0.1, 0.15) is 32.8 Å². The molecule has 1 nitrogen and oxygen atoms in total. The van der Waals surface area contributed by atoms with E-state index < -0.39 is 5.60 Å². The molecule has 1 aromatic rings. The van der Waals surface area contributed by atoms with E-state index in [4.69, 9.17) is 0 Å². The average Bonchev–Trinajstić information content (AvgIpc) is 2.15. The third-order valence-electron chi connectivity index (χ3n) is 3.12. The molecule has 1 unspecified atom stereocenters. The van der Waals surface area contributed by atoms with Gasteiger partial charge in [-0.3, -0.25) is 0 Å². The minimum Gasteiger partial charge on any atom is -0.389 e. The zero-order valence-corrected chi connectivity index (χ0v) is 11.5. The summed E-state index contributed by atoms with van der Waals surface area (Å²) in [5, 5.41) is 10.4. The number of hydrogen-bond acceptors (Lipinski definition) is 1. The Hall–Kier alpha value is -0.410. The van der Waals surface area contributed by atoms with Crippen LogP contribution in [0.3, 0.4) is 0 Å². The van der Waals surface area contributed by atoms with E-state index in [0.29, 0.717) is 17.3 Å². The van der Waals surface area contributed by atoms with Crippen molar-refractivity contribution in [2.45, 2.75) is 39.2 Å². The summed E-state index contributed by atoms with van der Waals surface area (Å²) in [7, 11) is 0. The topological polar surface area (TPSA) is 20.2 Å². The van der Waals surface area contributed by atoms with Crippen molar-refractivity contribution in [3.63, 3.8) is 0 Å². The summed E-state index contributed by atoms with van der Waals surface area (Å²) in [6.07, 6.45) is 1.15. The first-order chi connectivity index (χ1) is 7.37. The molecule has 1 N–H and O–H groups in total. The lowest BCUT2D eigenvalue weighted by Gasteiger charge is -2.31. The van der Waals surface area contributed by atoms with Crippen LogP contribution in [0.25, 0.3) is 0 Å². The highest BCUT2D eigenvalue weighted by molar-refractivity contribution is 9.10. The van der Waals surface area contributed by atoms with E-state index in [1.165, 1.54) is 12.1 Å². The molecule has 0 aromatic heterocycles. The summed E-state index contributed by atoms with van der Waals surface area (Å²) >= 11 is 3.26.